The van der Waals surface area contributed by atoms with E-state index in [0.29, 0.717) is 38.0 Å². The normalized spacial score (nSPS) is 32.7. The second-order valence-electron chi connectivity index (χ2n) is 10.5. The molecule has 0 aromatic heterocycles. The van der Waals surface area contributed by atoms with Crippen LogP contribution in [0, 0.1) is 11.3 Å². The van der Waals surface area contributed by atoms with Crippen molar-refractivity contribution in [2.24, 2.45) is 11.3 Å². The molecule has 3 fully saturated rings. The van der Waals surface area contributed by atoms with Gasteiger partial charge < -0.3 is 0 Å². The fourth-order valence-corrected chi connectivity index (χ4v) is 10.6. The van der Waals surface area contributed by atoms with Crippen LogP contribution < -0.4 is 19.3 Å². The minimum atomic E-state index is -0.222. The monoisotopic (exact) mass is 542 g/mol. The first-order valence-electron chi connectivity index (χ1n) is 12.6. The number of ether oxygens (including phenoxy) is 3. The molecule has 2 bridgehead atoms. The quantitative estimate of drug-likeness (QED) is 0.444. The van der Waals surface area contributed by atoms with E-state index < -0.39 is 0 Å². The topological polar surface area (TPSA) is 60.0 Å². The molecule has 186 valence electrons. The number of anilines is 1. The van der Waals surface area contributed by atoms with Gasteiger partial charge in [-0.1, -0.05) is 0 Å². The van der Waals surface area contributed by atoms with Gasteiger partial charge in [0, 0.05) is 0 Å². The summed E-state index contributed by atoms with van der Waals surface area (Å²) < 4.78 is 18.1. The van der Waals surface area contributed by atoms with Crippen molar-refractivity contribution in [3.8, 4) is 11.5 Å². The molecule has 4 aliphatic rings. The van der Waals surface area contributed by atoms with Crippen LogP contribution in [-0.2, 0) is 9.53 Å². The molecule has 1 aliphatic carbocycles. The van der Waals surface area contributed by atoms with Gasteiger partial charge in [0.2, 0.25) is 0 Å². The van der Waals surface area contributed by atoms with Crippen molar-refractivity contribution in [2.75, 3.05) is 39.7 Å². The van der Waals surface area contributed by atoms with Gasteiger partial charge in [0.1, 0.15) is 0 Å². The number of benzene rings is 2. The Morgan fingerprint density at radius 3 is 2.63 bits per heavy atom. The number of piperidine rings is 2. The number of hydrogen-bond acceptors (Lipinski definition) is 6. The van der Waals surface area contributed by atoms with Gasteiger partial charge in [-0.05, 0) is 0 Å². The molecule has 0 radical (unpaired) electrons. The predicted molar refractivity (Wildman–Crippen MR) is 137 cm³/mol. The van der Waals surface area contributed by atoms with Crippen LogP contribution in [0.5, 0.6) is 11.5 Å². The molecule has 7 heteroatoms. The number of fused-ring (bicyclic) bond motifs is 2. The summed E-state index contributed by atoms with van der Waals surface area (Å²) in [6.45, 7) is 2.13. The van der Waals surface area contributed by atoms with Crippen molar-refractivity contribution in [1.82, 2.24) is 4.90 Å². The third-order valence-electron chi connectivity index (χ3n) is 9.05. The van der Waals surface area contributed by atoms with Gasteiger partial charge in [0.05, 0.1) is 0 Å². The van der Waals surface area contributed by atoms with E-state index in [2.05, 4.69) is 52.7 Å². The molecule has 2 saturated heterocycles. The number of nitrogens with zero attached hydrogens (tertiary/aromatic N) is 1. The third-order valence-corrected chi connectivity index (χ3v) is 11.6. The molecular formula is C28H34N2O4Se. The Balaban J connectivity index is 1.44. The van der Waals surface area contributed by atoms with Crippen molar-refractivity contribution in [3.63, 3.8) is 0 Å². The number of nitrogens with one attached hydrogen (secondary N) is 1. The summed E-state index contributed by atoms with van der Waals surface area (Å²) >= 11 is 0.365. The van der Waals surface area contributed by atoms with Crippen LogP contribution in [0.2, 0.25) is 4.82 Å². The number of carbonyl (C=O) groups excluding carboxylic acids is 1. The summed E-state index contributed by atoms with van der Waals surface area (Å²) in [5.74, 6) is 2.38. The van der Waals surface area contributed by atoms with E-state index >= 15 is 0 Å². The zero-order valence-corrected chi connectivity index (χ0v) is 22.4. The van der Waals surface area contributed by atoms with Gasteiger partial charge in [-0.15, -0.1) is 0 Å². The van der Waals surface area contributed by atoms with Crippen molar-refractivity contribution < 1.29 is 19.0 Å². The molecule has 1 saturated carbocycles. The second-order valence-corrected chi connectivity index (χ2v) is 13.3. The second kappa shape index (κ2) is 8.72. The van der Waals surface area contributed by atoms with Gasteiger partial charge in [-0.3, -0.25) is 0 Å². The van der Waals surface area contributed by atoms with Gasteiger partial charge in [-0.2, -0.15) is 0 Å². The molecule has 3 aliphatic heterocycles. The summed E-state index contributed by atoms with van der Waals surface area (Å²) in [6, 6.07) is 15.2. The molecule has 0 amide bonds. The fourth-order valence-electron chi connectivity index (χ4n) is 7.80. The van der Waals surface area contributed by atoms with Crippen LogP contribution in [0.4, 0.5) is 5.69 Å². The van der Waals surface area contributed by atoms with E-state index in [1.165, 1.54) is 17.1 Å². The Labute approximate surface area is 213 Å². The molecule has 6 nitrogen and oxygen atoms in total. The van der Waals surface area contributed by atoms with Crippen molar-refractivity contribution in [2.45, 2.75) is 48.5 Å². The molecule has 1 spiro atoms. The van der Waals surface area contributed by atoms with Crippen LogP contribution in [0.3, 0.4) is 0 Å². The summed E-state index contributed by atoms with van der Waals surface area (Å²) in [6.07, 6.45) is 4.85. The van der Waals surface area contributed by atoms with Crippen LogP contribution in [0.25, 0.3) is 0 Å². The van der Waals surface area contributed by atoms with E-state index in [1.54, 1.807) is 14.2 Å². The van der Waals surface area contributed by atoms with Crippen molar-refractivity contribution in [1.29, 1.82) is 0 Å². The molecule has 2 aromatic carbocycles. The first-order chi connectivity index (χ1) is 17.0. The van der Waals surface area contributed by atoms with Gasteiger partial charge in [0.25, 0.3) is 0 Å². The Bertz CT molecular complexity index is 1130. The summed E-state index contributed by atoms with van der Waals surface area (Å²) in [5.41, 5.74) is 2.10. The Hall–Kier alpha value is -2.21. The van der Waals surface area contributed by atoms with Gasteiger partial charge in [-0.25, -0.2) is 0 Å². The molecule has 6 rings (SSSR count). The molecule has 3 heterocycles. The van der Waals surface area contributed by atoms with E-state index in [-0.39, 0.29) is 17.0 Å². The molecule has 1 unspecified atom stereocenters. The SMILES string of the molecule is COC(=O)C[C@@]12CC[C@@H]3[C@@H]4CCN(CC([Se]c5ccccc5)C1)[C@]32Nc1cc(OC)c(OC)cc14. The molecule has 35 heavy (non-hydrogen) atoms. The molecule has 5 atom stereocenters. The maximum absolute atomic E-state index is 12.9. The summed E-state index contributed by atoms with van der Waals surface area (Å²) in [4.78, 5) is 16.2. The third kappa shape index (κ3) is 3.42. The number of carbonyl (C=O) groups is 1. The van der Waals surface area contributed by atoms with Crippen molar-refractivity contribution >= 4 is 31.1 Å². The van der Waals surface area contributed by atoms with Crippen LogP contribution >= 0.6 is 0 Å². The minimum absolute atomic E-state index is 0.0881. The first-order valence-corrected chi connectivity index (χ1v) is 14.5. The fraction of sp³-hybridized carbons (Fsp3) is 0.536. The van der Waals surface area contributed by atoms with Crippen LogP contribution in [-0.4, -0.2) is 65.9 Å². The number of methoxy groups -OCH3 is 3. The molecule has 1 N–H and O–H groups in total. The van der Waals surface area contributed by atoms with Crippen LogP contribution in [0.15, 0.2) is 42.5 Å². The van der Waals surface area contributed by atoms with E-state index in [0.717, 1.165) is 56.0 Å². The van der Waals surface area contributed by atoms with Crippen molar-refractivity contribution in [3.05, 3.63) is 48.0 Å². The average Bonchev–Trinajstić information content (AvgIpc) is 3.20. The number of hydrogen-bond donors (Lipinski definition) is 1. The Morgan fingerprint density at radius 1 is 1.11 bits per heavy atom. The summed E-state index contributed by atoms with van der Waals surface area (Å²) in [7, 11) is 4.93. The van der Waals surface area contributed by atoms with E-state index in [4.69, 9.17) is 14.2 Å². The number of esters is 1. The predicted octanol–water partition coefficient (Wildman–Crippen LogP) is 3.80. The van der Waals surface area contributed by atoms with E-state index in [9.17, 15) is 4.79 Å². The average molecular weight is 542 g/mol. The first kappa shape index (κ1) is 23.2. The molecule has 2 aromatic rings. The zero-order chi connectivity index (χ0) is 24.2. The van der Waals surface area contributed by atoms with Crippen LogP contribution in [0.1, 0.15) is 43.6 Å². The Morgan fingerprint density at radius 2 is 1.89 bits per heavy atom. The number of rotatable bonds is 6. The van der Waals surface area contributed by atoms with E-state index in [1.807, 2.05) is 0 Å². The molecular weight excluding hydrogens is 507 g/mol. The Kier molecular flexibility index (Phi) is 5.78. The zero-order valence-electron chi connectivity index (χ0n) is 20.7. The maximum atomic E-state index is 12.9. The van der Waals surface area contributed by atoms with Gasteiger partial charge >= 0.3 is 214 Å². The van der Waals surface area contributed by atoms with Gasteiger partial charge in [0.15, 0.2) is 0 Å². The summed E-state index contributed by atoms with van der Waals surface area (Å²) in [5, 5.41) is 4.08. The standard InChI is InChI=1S/C28H34N2O4Se/c1-32-24-13-21-20-10-12-30-17-19(35-18-7-5-4-6-8-18)15-27(16-26(31)34-3)11-9-22(20)28(27,30)29-23(21)14-25(24)33-2/h4-8,13-14,19-20,22,29H,9-12,15-17H2,1-3H3/t19?,20-,22-,27-,28-/m1/s1.